The molecule has 4 N–H and O–H groups in total. The summed E-state index contributed by atoms with van der Waals surface area (Å²) in [6.07, 6.45) is 3.03. The normalized spacial score (nSPS) is 18.5. The monoisotopic (exact) mass is 466 g/mol. The van der Waals surface area contributed by atoms with Gasteiger partial charge in [0.25, 0.3) is 0 Å². The van der Waals surface area contributed by atoms with Crippen molar-refractivity contribution in [2.45, 2.75) is 18.6 Å². The minimum Gasteiger partial charge on any atom is -0.494 e. The summed E-state index contributed by atoms with van der Waals surface area (Å²) in [6, 6.07) is 13.2. The summed E-state index contributed by atoms with van der Waals surface area (Å²) < 4.78 is 19.7. The van der Waals surface area contributed by atoms with Crippen LogP contribution in [0.3, 0.4) is 0 Å². The first-order valence-electron chi connectivity index (χ1n) is 10.7. The van der Waals surface area contributed by atoms with Gasteiger partial charge in [-0.1, -0.05) is 29.8 Å². The van der Waals surface area contributed by atoms with Crippen LogP contribution in [0.25, 0.3) is 22.2 Å². The second-order valence-corrected chi connectivity index (χ2v) is 8.47. The molecule has 7 nitrogen and oxygen atoms in total. The number of nitrogens with two attached hydrogens (primary N) is 1. The number of H-pyrrole nitrogens is 1. The van der Waals surface area contributed by atoms with E-state index < -0.39 is 12.2 Å². The molecular formula is C24H24ClFN6O. The van der Waals surface area contributed by atoms with Crippen molar-refractivity contribution < 1.29 is 9.13 Å². The van der Waals surface area contributed by atoms with Crippen LogP contribution in [0.4, 0.5) is 21.7 Å². The highest BCUT2D eigenvalue weighted by Gasteiger charge is 2.27. The van der Waals surface area contributed by atoms with Gasteiger partial charge in [-0.25, -0.2) is 14.4 Å². The van der Waals surface area contributed by atoms with Crippen LogP contribution in [0.5, 0.6) is 5.75 Å². The predicted molar refractivity (Wildman–Crippen MR) is 130 cm³/mol. The molecule has 33 heavy (non-hydrogen) atoms. The number of halogens is 2. The Morgan fingerprint density at radius 2 is 2.12 bits per heavy atom. The molecule has 4 aromatic rings. The zero-order valence-electron chi connectivity index (χ0n) is 18.1. The fourth-order valence-corrected chi connectivity index (χ4v) is 4.33. The SMILES string of the molecule is COc1cc(N2CC[C@@H](N)[C@@H](F)C2)ccc1Nc1ncc(Cl)c(-c2c[nH]c3ccccc23)n1. The number of anilines is 3. The topological polar surface area (TPSA) is 92.1 Å². The summed E-state index contributed by atoms with van der Waals surface area (Å²) in [4.78, 5) is 14.2. The van der Waals surface area contributed by atoms with Gasteiger partial charge in [0.2, 0.25) is 5.95 Å². The number of aromatic nitrogens is 3. The molecule has 0 amide bonds. The molecule has 1 aliphatic heterocycles. The smallest absolute Gasteiger partial charge is 0.227 e. The molecule has 0 aliphatic carbocycles. The van der Waals surface area contributed by atoms with Gasteiger partial charge in [0, 0.05) is 47.0 Å². The maximum absolute atomic E-state index is 14.1. The Balaban J connectivity index is 1.43. The van der Waals surface area contributed by atoms with Crippen LogP contribution in [0.15, 0.2) is 54.9 Å². The summed E-state index contributed by atoms with van der Waals surface area (Å²) in [5, 5.41) is 4.70. The molecular weight excluding hydrogens is 443 g/mol. The fraction of sp³-hybridized carbons (Fsp3) is 0.250. The van der Waals surface area contributed by atoms with Crippen LogP contribution in [-0.4, -0.2) is 47.4 Å². The maximum Gasteiger partial charge on any atom is 0.227 e. The van der Waals surface area contributed by atoms with Gasteiger partial charge in [0.15, 0.2) is 0 Å². The lowest BCUT2D eigenvalue weighted by molar-refractivity contribution is 0.251. The molecule has 1 saturated heterocycles. The van der Waals surface area contributed by atoms with Crippen molar-refractivity contribution in [1.82, 2.24) is 15.0 Å². The van der Waals surface area contributed by atoms with Crippen molar-refractivity contribution in [3.63, 3.8) is 0 Å². The van der Waals surface area contributed by atoms with Gasteiger partial charge in [0.05, 0.1) is 36.3 Å². The average molecular weight is 467 g/mol. The summed E-state index contributed by atoms with van der Waals surface area (Å²) in [5.74, 6) is 0.989. The van der Waals surface area contributed by atoms with E-state index in [0.29, 0.717) is 41.1 Å². The number of aromatic amines is 1. The average Bonchev–Trinajstić information content (AvgIpc) is 3.26. The second kappa shape index (κ2) is 8.88. The predicted octanol–water partition coefficient (Wildman–Crippen LogP) is 4.91. The lowest BCUT2D eigenvalue weighted by atomic mass is 10.0. The number of ether oxygens (including phenoxy) is 1. The molecule has 0 spiro atoms. The minimum atomic E-state index is -1.05. The molecule has 2 aromatic carbocycles. The van der Waals surface area contributed by atoms with E-state index in [-0.39, 0.29) is 6.54 Å². The highest BCUT2D eigenvalue weighted by molar-refractivity contribution is 6.33. The highest BCUT2D eigenvalue weighted by atomic mass is 35.5. The van der Waals surface area contributed by atoms with Gasteiger partial charge < -0.3 is 25.7 Å². The minimum absolute atomic E-state index is 0.269. The van der Waals surface area contributed by atoms with E-state index >= 15 is 0 Å². The van der Waals surface area contributed by atoms with E-state index in [0.717, 1.165) is 22.2 Å². The number of para-hydroxylation sites is 1. The number of alkyl halides is 1. The Hall–Kier alpha value is -3.36. The van der Waals surface area contributed by atoms with E-state index in [1.165, 1.54) is 0 Å². The number of benzene rings is 2. The summed E-state index contributed by atoms with van der Waals surface area (Å²) >= 11 is 6.44. The molecule has 0 radical (unpaired) electrons. The Morgan fingerprint density at radius 3 is 2.94 bits per heavy atom. The largest absolute Gasteiger partial charge is 0.494 e. The van der Waals surface area contributed by atoms with Crippen molar-refractivity contribution in [2.75, 3.05) is 30.4 Å². The van der Waals surface area contributed by atoms with Gasteiger partial charge in [-0.3, -0.25) is 0 Å². The number of fused-ring (bicyclic) bond motifs is 1. The lowest BCUT2D eigenvalue weighted by Crippen LogP contribution is -2.48. The van der Waals surface area contributed by atoms with Crippen molar-refractivity contribution in [1.29, 1.82) is 0 Å². The zero-order chi connectivity index (χ0) is 22.9. The van der Waals surface area contributed by atoms with Crippen LogP contribution in [0.1, 0.15) is 6.42 Å². The molecule has 9 heteroatoms. The van der Waals surface area contributed by atoms with E-state index in [2.05, 4.69) is 20.3 Å². The quantitative estimate of drug-likeness (QED) is 0.387. The van der Waals surface area contributed by atoms with Crippen LogP contribution in [0.2, 0.25) is 5.02 Å². The van der Waals surface area contributed by atoms with Crippen molar-refractivity contribution in [3.05, 3.63) is 59.9 Å². The number of hydrogen-bond acceptors (Lipinski definition) is 6. The molecule has 0 unspecified atom stereocenters. The van der Waals surface area contributed by atoms with E-state index in [1.807, 2.05) is 53.6 Å². The molecule has 5 rings (SSSR count). The molecule has 0 saturated carbocycles. The first kappa shape index (κ1) is 21.5. The lowest BCUT2D eigenvalue weighted by Gasteiger charge is -2.34. The summed E-state index contributed by atoms with van der Waals surface area (Å²) in [5.41, 5.74) is 9.91. The third-order valence-corrected chi connectivity index (χ3v) is 6.25. The molecule has 1 fully saturated rings. The van der Waals surface area contributed by atoms with Gasteiger partial charge in [-0.05, 0) is 24.6 Å². The van der Waals surface area contributed by atoms with Crippen molar-refractivity contribution in [2.24, 2.45) is 5.73 Å². The van der Waals surface area contributed by atoms with E-state index in [1.54, 1.807) is 13.3 Å². The summed E-state index contributed by atoms with van der Waals surface area (Å²) in [6.45, 7) is 0.969. The van der Waals surface area contributed by atoms with Gasteiger partial charge in [-0.15, -0.1) is 0 Å². The van der Waals surface area contributed by atoms with Gasteiger partial charge in [0.1, 0.15) is 11.9 Å². The first-order valence-corrected chi connectivity index (χ1v) is 11.1. The van der Waals surface area contributed by atoms with E-state index in [9.17, 15) is 4.39 Å². The van der Waals surface area contributed by atoms with Crippen LogP contribution in [0, 0.1) is 0 Å². The fourth-order valence-electron chi connectivity index (χ4n) is 4.14. The van der Waals surface area contributed by atoms with Gasteiger partial charge in [-0.2, -0.15) is 0 Å². The van der Waals surface area contributed by atoms with Crippen molar-refractivity contribution in [3.8, 4) is 17.0 Å². The molecule has 2 atom stereocenters. The molecule has 3 heterocycles. The highest BCUT2D eigenvalue weighted by Crippen LogP contribution is 2.35. The molecule has 1 aliphatic rings. The third-order valence-electron chi connectivity index (χ3n) is 5.98. The van der Waals surface area contributed by atoms with Crippen LogP contribution >= 0.6 is 11.6 Å². The second-order valence-electron chi connectivity index (χ2n) is 8.06. The number of piperidine rings is 1. The number of nitrogens with zero attached hydrogens (tertiary/aromatic N) is 3. The molecule has 170 valence electrons. The maximum atomic E-state index is 14.1. The van der Waals surface area contributed by atoms with Crippen LogP contribution in [-0.2, 0) is 0 Å². The molecule has 2 aromatic heterocycles. The Morgan fingerprint density at radius 1 is 1.27 bits per heavy atom. The Kier molecular flexibility index (Phi) is 5.78. The number of methoxy groups -OCH3 is 1. The Labute approximate surface area is 195 Å². The zero-order valence-corrected chi connectivity index (χ0v) is 18.8. The number of hydrogen-bond donors (Lipinski definition) is 3. The number of rotatable bonds is 5. The van der Waals surface area contributed by atoms with Crippen molar-refractivity contribution >= 4 is 39.8 Å². The third kappa shape index (κ3) is 4.19. The van der Waals surface area contributed by atoms with E-state index in [4.69, 9.17) is 22.1 Å². The summed E-state index contributed by atoms with van der Waals surface area (Å²) in [7, 11) is 1.59. The number of nitrogens with one attached hydrogen (secondary N) is 2. The van der Waals surface area contributed by atoms with Crippen LogP contribution < -0.4 is 20.7 Å². The standard InChI is InChI=1S/C24H24ClFN6O/c1-33-22-10-14(32-9-8-19(27)18(26)13-32)6-7-21(22)30-24-29-12-17(25)23(31-24)16-11-28-20-5-3-2-4-15(16)20/h2-7,10-12,18-19,28H,8-9,13,27H2,1H3,(H,29,30,31)/t18-,19+/m0/s1. The van der Waals surface area contributed by atoms with Gasteiger partial charge >= 0.3 is 0 Å². The molecule has 0 bridgehead atoms. The first-order chi connectivity index (χ1) is 16.0. The Bertz CT molecular complexity index is 1300.